The number of benzene rings is 1. The first kappa shape index (κ1) is 10.4. The van der Waals surface area contributed by atoms with E-state index >= 15 is 0 Å². The van der Waals surface area contributed by atoms with Crippen molar-refractivity contribution in [3.8, 4) is 11.6 Å². The van der Waals surface area contributed by atoms with Crippen molar-refractivity contribution in [1.29, 1.82) is 0 Å². The molecule has 4 nitrogen and oxygen atoms in total. The third-order valence-electron chi connectivity index (χ3n) is 2.23. The summed E-state index contributed by atoms with van der Waals surface area (Å²) in [4.78, 5) is 7.81. The molecule has 0 aliphatic carbocycles. The van der Waals surface area contributed by atoms with Crippen LogP contribution in [0.1, 0.15) is 12.5 Å². The highest BCUT2D eigenvalue weighted by atomic mass is 16.5. The fourth-order valence-corrected chi connectivity index (χ4v) is 1.42. The maximum absolute atomic E-state index is 5.65. The zero-order chi connectivity index (χ0) is 11.4. The molecule has 2 N–H and O–H groups in total. The van der Waals surface area contributed by atoms with Gasteiger partial charge in [0.15, 0.2) is 0 Å². The van der Waals surface area contributed by atoms with Crippen LogP contribution < -0.4 is 10.5 Å². The Bertz CT molecular complexity index is 485. The number of anilines is 1. The van der Waals surface area contributed by atoms with Crippen LogP contribution in [0.15, 0.2) is 36.7 Å². The molecule has 0 bridgehead atoms. The summed E-state index contributed by atoms with van der Waals surface area (Å²) in [6.45, 7) is 2.08. The summed E-state index contributed by atoms with van der Waals surface area (Å²) in [5.74, 6) is 1.68. The first-order chi connectivity index (χ1) is 7.79. The molecule has 0 aliphatic heterocycles. The van der Waals surface area contributed by atoms with Crippen LogP contribution in [-0.4, -0.2) is 9.97 Å². The molecule has 2 rings (SSSR count). The largest absolute Gasteiger partial charge is 0.439 e. The number of ether oxygens (including phenoxy) is 1. The van der Waals surface area contributed by atoms with E-state index in [-0.39, 0.29) is 0 Å². The molecular formula is C12H13N3O. The topological polar surface area (TPSA) is 61.0 Å². The van der Waals surface area contributed by atoms with Crippen molar-refractivity contribution >= 4 is 5.82 Å². The Balaban J connectivity index is 2.26. The highest BCUT2D eigenvalue weighted by molar-refractivity contribution is 5.38. The van der Waals surface area contributed by atoms with Gasteiger partial charge in [0.05, 0.1) is 0 Å². The number of aromatic nitrogens is 2. The van der Waals surface area contributed by atoms with Gasteiger partial charge in [-0.05, 0) is 18.1 Å². The highest BCUT2D eigenvalue weighted by Crippen LogP contribution is 2.24. The van der Waals surface area contributed by atoms with Crippen molar-refractivity contribution in [3.63, 3.8) is 0 Å². The van der Waals surface area contributed by atoms with Gasteiger partial charge < -0.3 is 10.5 Å². The second-order valence-electron chi connectivity index (χ2n) is 3.34. The number of nitrogens with two attached hydrogens (primary N) is 1. The number of nitrogen functional groups attached to an aromatic ring is 1. The Morgan fingerprint density at radius 2 is 2.06 bits per heavy atom. The molecule has 1 aromatic carbocycles. The zero-order valence-electron chi connectivity index (χ0n) is 9.05. The SMILES string of the molecule is CCc1ccccc1Oc1cc(N)ncn1. The molecule has 1 heterocycles. The zero-order valence-corrected chi connectivity index (χ0v) is 9.05. The van der Waals surface area contributed by atoms with E-state index in [9.17, 15) is 0 Å². The average molecular weight is 215 g/mol. The molecule has 0 radical (unpaired) electrons. The number of aryl methyl sites for hydroxylation is 1. The van der Waals surface area contributed by atoms with Crippen LogP contribution in [0.4, 0.5) is 5.82 Å². The van der Waals surface area contributed by atoms with Gasteiger partial charge in [0.2, 0.25) is 5.88 Å². The minimum atomic E-state index is 0.402. The Morgan fingerprint density at radius 1 is 1.25 bits per heavy atom. The third kappa shape index (κ3) is 2.28. The lowest BCUT2D eigenvalue weighted by atomic mass is 10.1. The summed E-state index contributed by atoms with van der Waals surface area (Å²) in [5, 5.41) is 0. The van der Waals surface area contributed by atoms with Crippen LogP contribution in [0.5, 0.6) is 11.6 Å². The quantitative estimate of drug-likeness (QED) is 0.854. The maximum atomic E-state index is 5.65. The summed E-state index contributed by atoms with van der Waals surface area (Å²) < 4.78 is 5.65. The summed E-state index contributed by atoms with van der Waals surface area (Å²) in [7, 11) is 0. The predicted molar refractivity (Wildman–Crippen MR) is 62.3 cm³/mol. The van der Waals surface area contributed by atoms with Gasteiger partial charge >= 0.3 is 0 Å². The van der Waals surface area contributed by atoms with Crippen LogP contribution in [0.25, 0.3) is 0 Å². The second-order valence-corrected chi connectivity index (χ2v) is 3.34. The van der Waals surface area contributed by atoms with E-state index in [0.717, 1.165) is 17.7 Å². The Morgan fingerprint density at radius 3 is 2.81 bits per heavy atom. The molecule has 0 saturated heterocycles. The lowest BCUT2D eigenvalue weighted by molar-refractivity contribution is 0.456. The van der Waals surface area contributed by atoms with Gasteiger partial charge in [0.1, 0.15) is 17.9 Å². The van der Waals surface area contributed by atoms with Crippen molar-refractivity contribution in [2.24, 2.45) is 0 Å². The lowest BCUT2D eigenvalue weighted by Gasteiger charge is -2.08. The molecular weight excluding hydrogens is 202 g/mol. The summed E-state index contributed by atoms with van der Waals surface area (Å²) in [5.41, 5.74) is 6.69. The van der Waals surface area contributed by atoms with Gasteiger partial charge in [-0.1, -0.05) is 25.1 Å². The standard InChI is InChI=1S/C12H13N3O/c1-2-9-5-3-4-6-10(9)16-12-7-11(13)14-8-15-12/h3-8H,2H2,1H3,(H2,13,14,15). The molecule has 4 heteroatoms. The van der Waals surface area contributed by atoms with Crippen molar-refractivity contribution < 1.29 is 4.74 Å². The molecule has 82 valence electrons. The van der Waals surface area contributed by atoms with E-state index in [0.29, 0.717) is 11.7 Å². The summed E-state index contributed by atoms with van der Waals surface area (Å²) >= 11 is 0. The van der Waals surface area contributed by atoms with Crippen LogP contribution in [-0.2, 0) is 6.42 Å². The molecule has 0 aliphatic rings. The minimum Gasteiger partial charge on any atom is -0.439 e. The van der Waals surface area contributed by atoms with Crippen LogP contribution in [0.2, 0.25) is 0 Å². The summed E-state index contributed by atoms with van der Waals surface area (Å²) in [6.07, 6.45) is 2.30. The van der Waals surface area contributed by atoms with E-state index in [2.05, 4.69) is 16.9 Å². The first-order valence-electron chi connectivity index (χ1n) is 5.13. The Hall–Kier alpha value is -2.10. The molecule has 0 spiro atoms. The van der Waals surface area contributed by atoms with Crippen molar-refractivity contribution in [2.45, 2.75) is 13.3 Å². The van der Waals surface area contributed by atoms with Gasteiger partial charge in [-0.2, -0.15) is 0 Å². The van der Waals surface area contributed by atoms with Gasteiger partial charge in [0, 0.05) is 6.07 Å². The third-order valence-corrected chi connectivity index (χ3v) is 2.23. The molecule has 0 atom stereocenters. The van der Waals surface area contributed by atoms with Gasteiger partial charge in [0.25, 0.3) is 0 Å². The highest BCUT2D eigenvalue weighted by Gasteiger charge is 2.03. The van der Waals surface area contributed by atoms with Gasteiger partial charge in [-0.15, -0.1) is 0 Å². The molecule has 16 heavy (non-hydrogen) atoms. The second kappa shape index (κ2) is 4.61. The lowest BCUT2D eigenvalue weighted by Crippen LogP contribution is -1.95. The number of rotatable bonds is 3. The Labute approximate surface area is 94.1 Å². The fraction of sp³-hybridized carbons (Fsp3) is 0.167. The smallest absolute Gasteiger partial charge is 0.224 e. The molecule has 1 aromatic heterocycles. The van der Waals surface area contributed by atoms with E-state index < -0.39 is 0 Å². The average Bonchev–Trinajstić information content (AvgIpc) is 2.30. The van der Waals surface area contributed by atoms with E-state index in [1.165, 1.54) is 6.33 Å². The van der Waals surface area contributed by atoms with E-state index in [1.54, 1.807) is 6.07 Å². The van der Waals surface area contributed by atoms with Crippen molar-refractivity contribution in [3.05, 3.63) is 42.2 Å². The van der Waals surface area contributed by atoms with Crippen LogP contribution in [0.3, 0.4) is 0 Å². The molecule has 0 saturated carbocycles. The molecule has 0 amide bonds. The molecule has 0 fully saturated rings. The van der Waals surface area contributed by atoms with Crippen molar-refractivity contribution in [1.82, 2.24) is 9.97 Å². The van der Waals surface area contributed by atoms with Crippen molar-refractivity contribution in [2.75, 3.05) is 5.73 Å². The van der Waals surface area contributed by atoms with Crippen LogP contribution >= 0.6 is 0 Å². The van der Waals surface area contributed by atoms with Gasteiger partial charge in [-0.3, -0.25) is 0 Å². The van der Waals surface area contributed by atoms with Crippen LogP contribution in [0, 0.1) is 0 Å². The van der Waals surface area contributed by atoms with Gasteiger partial charge in [-0.25, -0.2) is 9.97 Å². The fourth-order valence-electron chi connectivity index (χ4n) is 1.42. The van der Waals surface area contributed by atoms with E-state index in [4.69, 9.17) is 10.5 Å². The number of hydrogen-bond donors (Lipinski definition) is 1. The molecule has 2 aromatic rings. The number of nitrogens with zero attached hydrogens (tertiary/aromatic N) is 2. The van der Waals surface area contributed by atoms with E-state index in [1.807, 2.05) is 24.3 Å². The molecule has 0 unspecified atom stereocenters. The number of hydrogen-bond acceptors (Lipinski definition) is 4. The minimum absolute atomic E-state index is 0.402. The maximum Gasteiger partial charge on any atom is 0.224 e. The monoisotopic (exact) mass is 215 g/mol. The normalized spacial score (nSPS) is 10.1. The first-order valence-corrected chi connectivity index (χ1v) is 5.13. The summed E-state index contributed by atoms with van der Waals surface area (Å²) in [6, 6.07) is 9.46. The number of para-hydroxylation sites is 1. The Kier molecular flexibility index (Phi) is 3.00. The predicted octanol–water partition coefficient (Wildman–Crippen LogP) is 2.41.